The molecule has 1 atom stereocenters. The number of amides is 1. The van der Waals surface area contributed by atoms with Crippen molar-refractivity contribution in [3.05, 3.63) is 0 Å². The van der Waals surface area contributed by atoms with Crippen molar-refractivity contribution in [1.82, 2.24) is 5.32 Å². The van der Waals surface area contributed by atoms with Crippen molar-refractivity contribution in [3.63, 3.8) is 0 Å². The lowest BCUT2D eigenvalue weighted by Crippen LogP contribution is -2.57. The molecule has 0 heterocycles. The molecule has 0 aromatic heterocycles. The summed E-state index contributed by atoms with van der Waals surface area (Å²) in [4.78, 5) is 39.2. The van der Waals surface area contributed by atoms with E-state index in [4.69, 9.17) is 19.3 Å². The highest BCUT2D eigenvalue weighted by molar-refractivity contribution is 5.85. The second-order valence-electron chi connectivity index (χ2n) is 21.1. The minimum absolute atomic E-state index is 0.158. The number of hydrogen-bond acceptors (Lipinski definition) is 7. The van der Waals surface area contributed by atoms with Gasteiger partial charge in [-0.05, 0) is 64.7 Å². The summed E-state index contributed by atoms with van der Waals surface area (Å²) in [5.74, 6) is -0.653. The van der Waals surface area contributed by atoms with Crippen molar-refractivity contribution >= 4 is 17.8 Å². The molecule has 0 rings (SSSR count). The predicted octanol–water partition coefficient (Wildman–Crippen LogP) is 15.7. The Kier molecular flexibility index (Phi) is 42.0. The van der Waals surface area contributed by atoms with Crippen molar-refractivity contribution in [2.75, 3.05) is 20.3 Å². The molecule has 0 saturated carbocycles. The summed E-state index contributed by atoms with van der Waals surface area (Å²) in [6, 6.07) is 0. The molecule has 0 aliphatic carbocycles. The van der Waals surface area contributed by atoms with Crippen LogP contribution in [0.25, 0.3) is 0 Å². The smallest absolute Gasteiger partial charge is 0.306 e. The van der Waals surface area contributed by atoms with E-state index in [2.05, 4.69) is 46.9 Å². The fourth-order valence-corrected chi connectivity index (χ4v) is 8.11. The van der Waals surface area contributed by atoms with Crippen LogP contribution in [0.4, 0.5) is 0 Å². The maximum absolute atomic E-state index is 13.6. The molecule has 376 valence electrons. The molecule has 0 saturated heterocycles. The summed E-state index contributed by atoms with van der Waals surface area (Å²) in [5.41, 5.74) is -0.899. The highest BCUT2D eigenvalue weighted by Crippen LogP contribution is 2.37. The zero-order valence-corrected chi connectivity index (χ0v) is 44.0. The highest BCUT2D eigenvalue weighted by Gasteiger charge is 2.40. The van der Waals surface area contributed by atoms with E-state index in [9.17, 15) is 14.4 Å². The van der Waals surface area contributed by atoms with Gasteiger partial charge in [0.15, 0.2) is 0 Å². The molecule has 2 N–H and O–H groups in total. The maximum atomic E-state index is 13.6. The van der Waals surface area contributed by atoms with Crippen LogP contribution in [-0.4, -0.2) is 60.5 Å². The largest absolute Gasteiger partial charge is 0.461 e. The predicted molar refractivity (Wildman–Crippen MR) is 268 cm³/mol. The first-order valence-electron chi connectivity index (χ1n) is 26.8. The molecule has 0 aliphatic heterocycles. The summed E-state index contributed by atoms with van der Waals surface area (Å²) < 4.78 is 16.3. The van der Waals surface area contributed by atoms with E-state index in [0.29, 0.717) is 18.8 Å². The molecule has 8 nitrogen and oxygen atoms in total. The summed E-state index contributed by atoms with van der Waals surface area (Å²) in [6.45, 7) is 21.1. The van der Waals surface area contributed by atoms with E-state index >= 15 is 0 Å². The molecule has 0 fully saturated rings. The zero-order chi connectivity index (χ0) is 47.7. The molecule has 0 radical (unpaired) electrons. The van der Waals surface area contributed by atoms with Gasteiger partial charge in [-0.2, -0.15) is 0 Å². The first-order chi connectivity index (χ1) is 30.0. The standard InChI is InChI=1S/C49H95NO5.C6H14O2/c1-9-11-13-15-17-19-21-23-25-27-29-31-33-35-37-39-45(51)54-42-44(47(53)50-49(7,8)48(5,6)41-43(3)4)55-46(52)40-38-36-34-32-30-28-26-24-22-20-18-16-14-12-10-2;1-6(2,8-3)4-5-7/h43-44H,9-42H2,1-8H3,(H,50,53);7H,4-5H2,1-3H3. The third kappa shape index (κ3) is 40.3. The third-order valence-electron chi connectivity index (χ3n) is 13.2. The molecule has 0 aromatic carbocycles. The van der Waals surface area contributed by atoms with Crippen LogP contribution in [-0.2, 0) is 28.6 Å². The number of unbranched alkanes of at least 4 members (excludes halogenated alkanes) is 28. The number of carbonyl (C=O) groups excluding carboxylic acids is 3. The van der Waals surface area contributed by atoms with Gasteiger partial charge in [-0.1, -0.05) is 221 Å². The van der Waals surface area contributed by atoms with Crippen molar-refractivity contribution < 1.29 is 33.7 Å². The van der Waals surface area contributed by atoms with Gasteiger partial charge in [0.2, 0.25) is 6.10 Å². The van der Waals surface area contributed by atoms with Crippen LogP contribution in [0.3, 0.4) is 0 Å². The van der Waals surface area contributed by atoms with Gasteiger partial charge in [-0.3, -0.25) is 14.4 Å². The van der Waals surface area contributed by atoms with E-state index in [1.165, 1.54) is 154 Å². The van der Waals surface area contributed by atoms with Crippen molar-refractivity contribution in [3.8, 4) is 0 Å². The molecular weight excluding hydrogens is 787 g/mol. The molecule has 8 heteroatoms. The van der Waals surface area contributed by atoms with Gasteiger partial charge in [0.05, 0.1) is 5.60 Å². The van der Waals surface area contributed by atoms with Crippen molar-refractivity contribution in [2.24, 2.45) is 11.3 Å². The number of hydrogen-bond donors (Lipinski definition) is 2. The summed E-state index contributed by atoms with van der Waals surface area (Å²) in [5, 5.41) is 11.6. The van der Waals surface area contributed by atoms with Crippen LogP contribution in [0.2, 0.25) is 0 Å². The molecule has 0 aliphatic rings. The quantitative estimate of drug-likeness (QED) is 0.0463. The third-order valence-corrected chi connectivity index (χ3v) is 13.2. The number of ether oxygens (including phenoxy) is 3. The summed E-state index contributed by atoms with van der Waals surface area (Å²) in [6.07, 6.45) is 39.1. The molecular formula is C55H109NO7. The van der Waals surface area contributed by atoms with Gasteiger partial charge >= 0.3 is 11.9 Å². The Balaban J connectivity index is 0. The average molecular weight is 896 g/mol. The first-order valence-corrected chi connectivity index (χ1v) is 26.8. The lowest BCUT2D eigenvalue weighted by atomic mass is 9.69. The fraction of sp³-hybridized carbons (Fsp3) is 0.945. The lowest BCUT2D eigenvalue weighted by molar-refractivity contribution is -0.165. The molecule has 0 spiro atoms. The SMILES string of the molecule is CCCCCCCCCCCCCCCCCC(=O)OCC(OC(=O)CCCCCCCCCCCCCCCCC)C(=O)NC(C)(C)C(C)(C)CC(C)C.COC(C)(C)CCO. The van der Waals surface area contributed by atoms with E-state index in [0.717, 1.165) is 44.9 Å². The molecule has 1 unspecified atom stereocenters. The zero-order valence-electron chi connectivity index (χ0n) is 44.0. The second kappa shape index (κ2) is 41.7. The Bertz CT molecular complexity index is 1060. The lowest BCUT2D eigenvalue weighted by Gasteiger charge is -2.44. The molecule has 0 bridgehead atoms. The van der Waals surface area contributed by atoms with Crippen molar-refractivity contribution in [2.45, 2.75) is 305 Å². The minimum Gasteiger partial charge on any atom is -0.461 e. The van der Waals surface area contributed by atoms with Crippen LogP contribution < -0.4 is 5.32 Å². The number of esters is 2. The van der Waals surface area contributed by atoms with Gasteiger partial charge in [-0.25, -0.2) is 0 Å². The average Bonchev–Trinajstić information content (AvgIpc) is 3.21. The van der Waals surface area contributed by atoms with E-state index in [1.807, 2.05) is 27.7 Å². The summed E-state index contributed by atoms with van der Waals surface area (Å²) >= 11 is 0. The van der Waals surface area contributed by atoms with Gasteiger partial charge in [0, 0.05) is 32.1 Å². The van der Waals surface area contributed by atoms with E-state index < -0.39 is 23.5 Å². The van der Waals surface area contributed by atoms with Gasteiger partial charge in [-0.15, -0.1) is 0 Å². The van der Waals surface area contributed by atoms with Crippen LogP contribution >= 0.6 is 0 Å². The van der Waals surface area contributed by atoms with E-state index in [1.54, 1.807) is 7.11 Å². The van der Waals surface area contributed by atoms with Crippen molar-refractivity contribution in [1.29, 1.82) is 0 Å². The number of carbonyl (C=O) groups is 3. The Hall–Kier alpha value is -1.67. The van der Waals surface area contributed by atoms with Gasteiger partial charge in [0.1, 0.15) is 6.61 Å². The number of aliphatic hydroxyl groups is 1. The number of rotatable bonds is 43. The fourth-order valence-electron chi connectivity index (χ4n) is 8.11. The topological polar surface area (TPSA) is 111 Å². The number of nitrogens with one attached hydrogen (secondary N) is 1. The summed E-state index contributed by atoms with van der Waals surface area (Å²) in [7, 11) is 1.65. The van der Waals surface area contributed by atoms with Crippen LogP contribution in [0.15, 0.2) is 0 Å². The van der Waals surface area contributed by atoms with Crippen LogP contribution in [0.1, 0.15) is 288 Å². The normalized spacial score (nSPS) is 12.5. The van der Waals surface area contributed by atoms with Gasteiger partial charge in [0.25, 0.3) is 5.91 Å². The molecule has 1 amide bonds. The van der Waals surface area contributed by atoms with Gasteiger partial charge < -0.3 is 24.6 Å². The van der Waals surface area contributed by atoms with E-state index in [-0.39, 0.29) is 36.6 Å². The Morgan fingerprint density at radius 1 is 0.524 bits per heavy atom. The molecule has 0 aromatic rings. The Morgan fingerprint density at radius 2 is 0.857 bits per heavy atom. The van der Waals surface area contributed by atoms with Crippen LogP contribution in [0.5, 0.6) is 0 Å². The maximum Gasteiger partial charge on any atom is 0.306 e. The Labute approximate surface area is 392 Å². The highest BCUT2D eigenvalue weighted by atomic mass is 16.6. The minimum atomic E-state index is -1.15. The molecule has 63 heavy (non-hydrogen) atoms. The first kappa shape index (κ1) is 63.4. The number of methoxy groups -OCH3 is 1. The Morgan fingerprint density at radius 3 is 1.16 bits per heavy atom. The van der Waals surface area contributed by atoms with Crippen LogP contribution in [0, 0.1) is 11.3 Å². The number of aliphatic hydroxyl groups excluding tert-OH is 1. The second-order valence-corrected chi connectivity index (χ2v) is 21.1. The monoisotopic (exact) mass is 896 g/mol.